The zero-order chi connectivity index (χ0) is 24.2. The van der Waals surface area contributed by atoms with Crippen molar-refractivity contribution < 1.29 is 59.1 Å². The lowest BCUT2D eigenvalue weighted by molar-refractivity contribution is -0.344. The number of aromatic hydroxyl groups is 1. The first-order chi connectivity index (χ1) is 16.3. The minimum absolute atomic E-state index is 0.00264. The Morgan fingerprint density at radius 1 is 1.03 bits per heavy atom. The molecule has 3 fully saturated rings. The van der Waals surface area contributed by atoms with Gasteiger partial charge in [-0.3, -0.25) is 0 Å². The van der Waals surface area contributed by atoms with Crippen molar-refractivity contribution in [3.05, 3.63) is 42.2 Å². The van der Waals surface area contributed by atoms with Crippen LogP contribution in [-0.2, 0) is 23.7 Å². The molecule has 3 aliphatic heterocycles. The summed E-state index contributed by atoms with van der Waals surface area (Å²) in [5.41, 5.74) is -0.907. The SMILES string of the molecule is O=C(O[C@@H]1[C@@H]2C=CO[C@H](O[C@@H]3O[C@H](CO)[C@@H](O)[C@H](O)[C@H]3O)[C@@H]2[C@@]2(CO)O[C@H]12)c1ccc(O)cc1. The number of aliphatic hydroxyl groups excluding tert-OH is 5. The van der Waals surface area contributed by atoms with Crippen molar-refractivity contribution in [3.63, 3.8) is 0 Å². The van der Waals surface area contributed by atoms with E-state index in [1.54, 1.807) is 6.08 Å². The number of ether oxygens (including phenoxy) is 5. The highest BCUT2D eigenvalue weighted by Crippen LogP contribution is 2.60. The Bertz CT molecular complexity index is 934. The Morgan fingerprint density at radius 2 is 1.76 bits per heavy atom. The normalized spacial score (nSPS) is 44.6. The van der Waals surface area contributed by atoms with Crippen molar-refractivity contribution in [3.8, 4) is 5.75 Å². The van der Waals surface area contributed by atoms with Crippen LogP contribution in [0, 0.1) is 11.8 Å². The van der Waals surface area contributed by atoms with Gasteiger partial charge in [-0.2, -0.15) is 0 Å². The number of carbonyl (C=O) groups excluding carboxylic acids is 1. The number of fused-ring (bicyclic) bond motifs is 3. The van der Waals surface area contributed by atoms with Crippen LogP contribution >= 0.6 is 0 Å². The summed E-state index contributed by atoms with van der Waals surface area (Å²) in [7, 11) is 0. The molecule has 4 aliphatic rings. The zero-order valence-corrected chi connectivity index (χ0v) is 17.8. The molecule has 34 heavy (non-hydrogen) atoms. The summed E-state index contributed by atoms with van der Waals surface area (Å²) in [5, 5.41) is 59.3. The Morgan fingerprint density at radius 3 is 2.44 bits per heavy atom. The Kier molecular flexibility index (Phi) is 6.02. The molecular weight excluding hydrogens is 456 g/mol. The van der Waals surface area contributed by atoms with E-state index in [0.717, 1.165) is 0 Å². The van der Waals surface area contributed by atoms with Gasteiger partial charge in [-0.25, -0.2) is 4.79 Å². The number of carbonyl (C=O) groups is 1. The van der Waals surface area contributed by atoms with E-state index in [2.05, 4.69) is 0 Å². The first-order valence-electron chi connectivity index (χ1n) is 10.9. The first-order valence-corrected chi connectivity index (χ1v) is 10.9. The molecule has 5 rings (SSSR count). The van der Waals surface area contributed by atoms with Gasteiger partial charge in [-0.05, 0) is 30.3 Å². The van der Waals surface area contributed by atoms with Crippen LogP contribution in [0.5, 0.6) is 5.75 Å². The maximum Gasteiger partial charge on any atom is 0.338 e. The van der Waals surface area contributed by atoms with E-state index in [9.17, 15) is 35.4 Å². The highest BCUT2D eigenvalue weighted by molar-refractivity contribution is 5.89. The zero-order valence-electron chi connectivity index (χ0n) is 17.8. The van der Waals surface area contributed by atoms with Crippen LogP contribution in [0.25, 0.3) is 0 Å². The third-order valence-corrected chi connectivity index (χ3v) is 6.94. The molecule has 1 aliphatic carbocycles. The maximum absolute atomic E-state index is 12.7. The molecule has 11 atom stereocenters. The lowest BCUT2D eigenvalue weighted by Crippen LogP contribution is -2.60. The van der Waals surface area contributed by atoms with Crippen molar-refractivity contribution in [2.24, 2.45) is 11.8 Å². The van der Waals surface area contributed by atoms with Crippen molar-refractivity contribution in [1.82, 2.24) is 0 Å². The third kappa shape index (κ3) is 3.67. The summed E-state index contributed by atoms with van der Waals surface area (Å²) in [6.45, 7) is -1.04. The van der Waals surface area contributed by atoms with E-state index in [1.165, 1.54) is 30.5 Å². The fraction of sp³-hybridized carbons (Fsp3) is 0.591. The van der Waals surface area contributed by atoms with Crippen LogP contribution < -0.4 is 0 Å². The van der Waals surface area contributed by atoms with Crippen LogP contribution in [0.2, 0.25) is 0 Å². The van der Waals surface area contributed by atoms with Gasteiger partial charge < -0.3 is 54.3 Å². The fourth-order valence-electron chi connectivity index (χ4n) is 5.08. The van der Waals surface area contributed by atoms with Crippen LogP contribution in [0.1, 0.15) is 10.4 Å². The molecule has 186 valence electrons. The minimum Gasteiger partial charge on any atom is -0.508 e. The Hall–Kier alpha value is -2.29. The predicted octanol–water partition coefficient (Wildman–Crippen LogP) is -2.02. The number of hydrogen-bond donors (Lipinski definition) is 6. The lowest BCUT2D eigenvalue weighted by atomic mass is 9.85. The van der Waals surface area contributed by atoms with Crippen LogP contribution in [-0.4, -0.2) is 105 Å². The van der Waals surface area contributed by atoms with Crippen LogP contribution in [0.15, 0.2) is 36.6 Å². The molecule has 6 N–H and O–H groups in total. The molecule has 12 heteroatoms. The van der Waals surface area contributed by atoms with Gasteiger partial charge in [0.25, 0.3) is 0 Å². The molecule has 3 heterocycles. The molecule has 2 saturated heterocycles. The molecule has 1 aromatic carbocycles. The largest absolute Gasteiger partial charge is 0.508 e. The predicted molar refractivity (Wildman–Crippen MR) is 108 cm³/mol. The van der Waals surface area contributed by atoms with E-state index in [0.29, 0.717) is 0 Å². The molecule has 0 unspecified atom stereocenters. The second-order valence-corrected chi connectivity index (χ2v) is 8.84. The van der Waals surface area contributed by atoms with Gasteiger partial charge in [0.2, 0.25) is 6.29 Å². The van der Waals surface area contributed by atoms with Gasteiger partial charge in [0, 0.05) is 5.92 Å². The quantitative estimate of drug-likeness (QED) is 0.193. The molecule has 1 aromatic rings. The Labute approximate surface area is 193 Å². The number of epoxide rings is 1. The average molecular weight is 482 g/mol. The summed E-state index contributed by atoms with van der Waals surface area (Å²) in [5.74, 6) is -1.78. The fourth-order valence-corrected chi connectivity index (χ4v) is 5.08. The van der Waals surface area contributed by atoms with Gasteiger partial charge in [0.15, 0.2) is 6.29 Å². The average Bonchev–Trinajstić information content (AvgIpc) is 3.52. The number of aliphatic hydroxyl groups is 5. The van der Waals surface area contributed by atoms with E-state index >= 15 is 0 Å². The van der Waals surface area contributed by atoms with Gasteiger partial charge in [0.1, 0.15) is 48.0 Å². The maximum atomic E-state index is 12.7. The van der Waals surface area contributed by atoms with Crippen LogP contribution in [0.4, 0.5) is 0 Å². The van der Waals surface area contributed by atoms with Crippen molar-refractivity contribution in [2.75, 3.05) is 13.2 Å². The van der Waals surface area contributed by atoms with Gasteiger partial charge >= 0.3 is 5.97 Å². The molecule has 1 saturated carbocycles. The summed E-state index contributed by atoms with van der Waals surface area (Å²) in [6.07, 6.45) is -6.99. The van der Waals surface area contributed by atoms with E-state index in [-0.39, 0.29) is 11.3 Å². The van der Waals surface area contributed by atoms with Crippen molar-refractivity contribution in [1.29, 1.82) is 0 Å². The number of rotatable bonds is 6. The highest BCUT2D eigenvalue weighted by atomic mass is 16.8. The van der Waals surface area contributed by atoms with E-state index in [4.69, 9.17) is 23.7 Å². The number of esters is 1. The summed E-state index contributed by atoms with van der Waals surface area (Å²) in [4.78, 5) is 12.7. The monoisotopic (exact) mass is 482 g/mol. The van der Waals surface area contributed by atoms with E-state index in [1.807, 2.05) is 0 Å². The van der Waals surface area contributed by atoms with Crippen LogP contribution in [0.3, 0.4) is 0 Å². The highest BCUT2D eigenvalue weighted by Gasteiger charge is 2.77. The van der Waals surface area contributed by atoms with E-state index < -0.39 is 85.8 Å². The topological polar surface area (TPSA) is 188 Å². The number of hydrogen-bond acceptors (Lipinski definition) is 12. The van der Waals surface area contributed by atoms with Crippen molar-refractivity contribution in [2.45, 2.75) is 54.8 Å². The summed E-state index contributed by atoms with van der Waals surface area (Å²) < 4.78 is 28.3. The molecule has 0 amide bonds. The lowest BCUT2D eigenvalue weighted by Gasteiger charge is -2.43. The second kappa shape index (κ2) is 8.73. The smallest absolute Gasteiger partial charge is 0.338 e. The third-order valence-electron chi connectivity index (χ3n) is 6.94. The number of phenolic OH excluding ortho intramolecular Hbond substituents is 1. The minimum atomic E-state index is -1.64. The molecule has 0 spiro atoms. The molecule has 0 aromatic heterocycles. The van der Waals surface area contributed by atoms with Gasteiger partial charge in [-0.1, -0.05) is 0 Å². The number of phenols is 1. The number of benzene rings is 1. The molecule has 12 nitrogen and oxygen atoms in total. The van der Waals surface area contributed by atoms with Gasteiger partial charge in [-0.15, -0.1) is 0 Å². The Balaban J connectivity index is 1.34. The molecule has 0 radical (unpaired) electrons. The molecular formula is C22H26O12. The summed E-state index contributed by atoms with van der Waals surface area (Å²) in [6, 6.07) is 5.56. The van der Waals surface area contributed by atoms with Crippen molar-refractivity contribution >= 4 is 5.97 Å². The standard InChI is InChI=1S/C22H26O12/c23-7-12-14(26)15(27)16(28)21(31-12)33-20-13-11(5-6-30-20)17(18-22(13,8-24)34-18)32-19(29)9-1-3-10(25)4-2-9/h1-6,11-18,20-21,23-28H,7-8H2/t11-,12-,13-,14-,15+,16-,17-,18-,20-,21+,22-/m1/s1. The second-order valence-electron chi connectivity index (χ2n) is 8.84. The summed E-state index contributed by atoms with van der Waals surface area (Å²) >= 11 is 0. The molecule has 0 bridgehead atoms. The van der Waals surface area contributed by atoms with Gasteiger partial charge in [0.05, 0.1) is 31.0 Å². The first kappa shape index (κ1) is 23.5.